The van der Waals surface area contributed by atoms with Crippen molar-refractivity contribution in [2.75, 3.05) is 0 Å². The van der Waals surface area contributed by atoms with Gasteiger partial charge in [-0.3, -0.25) is 0 Å². The highest BCUT2D eigenvalue weighted by Crippen LogP contribution is 2.66. The van der Waals surface area contributed by atoms with Crippen molar-refractivity contribution in [1.29, 1.82) is 0 Å². The van der Waals surface area contributed by atoms with Crippen LogP contribution in [0.4, 0.5) is 0 Å². The first-order chi connectivity index (χ1) is 15.2. The fraction of sp³-hybridized carbons (Fsp3) is 0.500. The number of halogens is 2. The summed E-state index contributed by atoms with van der Waals surface area (Å²) < 4.78 is 2.34. The van der Waals surface area contributed by atoms with E-state index in [1.165, 1.54) is 55.0 Å². The van der Waals surface area contributed by atoms with Crippen LogP contribution in [0.1, 0.15) is 63.5 Å². The van der Waals surface area contributed by atoms with E-state index in [1.54, 1.807) is 0 Å². The van der Waals surface area contributed by atoms with Gasteiger partial charge in [0.05, 0.1) is 0 Å². The molecule has 2 aromatic carbocycles. The highest BCUT2D eigenvalue weighted by Gasteiger charge is 2.59. The lowest BCUT2D eigenvalue weighted by molar-refractivity contribution is -0.118. The lowest BCUT2D eigenvalue weighted by atomic mass is 9.43. The Hall–Kier alpha value is -1.48. The minimum absolute atomic E-state index is 0.311. The molecule has 2 unspecified atom stereocenters. The van der Waals surface area contributed by atoms with Crippen molar-refractivity contribution in [2.45, 2.75) is 71.0 Å². The average Bonchev–Trinajstić information content (AvgIpc) is 3.04. The van der Waals surface area contributed by atoms with Crippen molar-refractivity contribution in [3.8, 4) is 0 Å². The molecule has 4 fully saturated rings. The van der Waals surface area contributed by atoms with Crippen LogP contribution in [0, 0.1) is 16.7 Å². The summed E-state index contributed by atoms with van der Waals surface area (Å²) in [6.45, 7) is 6.78. The number of benzene rings is 2. The number of nitrogens with zero attached hydrogens (tertiary/aromatic N) is 1. The van der Waals surface area contributed by atoms with Crippen molar-refractivity contribution in [3.63, 3.8) is 0 Å². The summed E-state index contributed by atoms with van der Waals surface area (Å²) in [5, 5.41) is 6.87. The van der Waals surface area contributed by atoms with E-state index in [4.69, 9.17) is 23.2 Å². The molecular formula is C28H32Cl2N2. The van der Waals surface area contributed by atoms with E-state index in [0.717, 1.165) is 29.6 Å². The van der Waals surface area contributed by atoms with E-state index < -0.39 is 0 Å². The van der Waals surface area contributed by atoms with Gasteiger partial charge in [0.15, 0.2) is 0 Å². The maximum Gasteiger partial charge on any atom is 0.0491 e. The summed E-state index contributed by atoms with van der Waals surface area (Å²) in [4.78, 5) is 0. The monoisotopic (exact) mass is 466 g/mol. The predicted molar refractivity (Wildman–Crippen MR) is 134 cm³/mol. The lowest BCUT2D eigenvalue weighted by Crippen LogP contribution is -2.63. The molecule has 0 saturated heterocycles. The molecule has 4 atom stereocenters. The lowest BCUT2D eigenvalue weighted by Gasteiger charge is -2.65. The fourth-order valence-electron chi connectivity index (χ4n) is 8.36. The molecule has 0 aliphatic heterocycles. The topological polar surface area (TPSA) is 17.0 Å². The van der Waals surface area contributed by atoms with E-state index in [9.17, 15) is 0 Å². The van der Waals surface area contributed by atoms with Crippen molar-refractivity contribution in [3.05, 3.63) is 69.8 Å². The van der Waals surface area contributed by atoms with E-state index in [1.807, 2.05) is 18.2 Å². The highest BCUT2D eigenvalue weighted by molar-refractivity contribution is 6.35. The van der Waals surface area contributed by atoms with Crippen LogP contribution in [0.2, 0.25) is 10.0 Å². The number of hydrogen-bond donors (Lipinski definition) is 1. The number of hydrogen-bond acceptors (Lipinski definition) is 1. The van der Waals surface area contributed by atoms with Gasteiger partial charge in [0.1, 0.15) is 0 Å². The fourth-order valence-corrected chi connectivity index (χ4v) is 8.82. The molecule has 0 spiro atoms. The van der Waals surface area contributed by atoms with Crippen molar-refractivity contribution in [1.82, 2.24) is 9.88 Å². The highest BCUT2D eigenvalue weighted by atomic mass is 35.5. The van der Waals surface area contributed by atoms with E-state index in [0.29, 0.717) is 21.4 Å². The van der Waals surface area contributed by atoms with Crippen molar-refractivity contribution < 1.29 is 0 Å². The molecule has 1 heterocycles. The summed E-state index contributed by atoms with van der Waals surface area (Å²) in [7, 11) is 0. The Morgan fingerprint density at radius 1 is 0.938 bits per heavy atom. The number of nitrogens with one attached hydrogen (secondary N) is 1. The number of rotatable bonds is 5. The van der Waals surface area contributed by atoms with Crippen LogP contribution in [0.5, 0.6) is 0 Å². The van der Waals surface area contributed by atoms with E-state index in [2.05, 4.69) is 54.2 Å². The Bertz CT molecular complexity index is 1180. The second-order valence-corrected chi connectivity index (χ2v) is 12.6. The molecule has 4 aliphatic carbocycles. The molecule has 3 aromatic rings. The zero-order valence-electron chi connectivity index (χ0n) is 19.1. The van der Waals surface area contributed by atoms with Crippen LogP contribution >= 0.6 is 23.2 Å². The molecule has 7 rings (SSSR count). The molecule has 32 heavy (non-hydrogen) atoms. The van der Waals surface area contributed by atoms with Gasteiger partial charge in [0, 0.05) is 45.8 Å². The Morgan fingerprint density at radius 2 is 1.69 bits per heavy atom. The van der Waals surface area contributed by atoms with Crippen LogP contribution < -0.4 is 5.32 Å². The second kappa shape index (κ2) is 7.26. The summed E-state index contributed by atoms with van der Waals surface area (Å²) in [6.07, 6.45) is 10.7. The van der Waals surface area contributed by atoms with Crippen molar-refractivity contribution in [2.24, 2.45) is 16.7 Å². The molecule has 2 nitrogen and oxygen atoms in total. The maximum atomic E-state index is 6.49. The van der Waals surface area contributed by atoms with Gasteiger partial charge in [-0.15, -0.1) is 0 Å². The zero-order chi connectivity index (χ0) is 22.1. The third-order valence-electron chi connectivity index (χ3n) is 8.51. The molecule has 4 bridgehead atoms. The summed E-state index contributed by atoms with van der Waals surface area (Å²) in [5.74, 6) is 0.905. The number of para-hydroxylation sites is 1. The molecule has 1 aromatic heterocycles. The van der Waals surface area contributed by atoms with Crippen LogP contribution in [-0.4, -0.2) is 10.1 Å². The first kappa shape index (κ1) is 21.1. The zero-order valence-corrected chi connectivity index (χ0v) is 20.6. The normalized spacial score (nSPS) is 33.3. The largest absolute Gasteiger partial charge is 0.343 e. The van der Waals surface area contributed by atoms with Crippen LogP contribution in [0.15, 0.2) is 48.7 Å². The number of fused-ring (bicyclic) bond motifs is 1. The molecular weight excluding hydrogens is 435 g/mol. The van der Waals surface area contributed by atoms with Gasteiger partial charge in [-0.2, -0.15) is 0 Å². The van der Waals surface area contributed by atoms with Gasteiger partial charge in [0.2, 0.25) is 0 Å². The first-order valence-corrected chi connectivity index (χ1v) is 12.8. The van der Waals surface area contributed by atoms with Crippen LogP contribution in [-0.2, 0) is 13.1 Å². The molecule has 4 saturated carbocycles. The second-order valence-electron chi connectivity index (χ2n) is 11.8. The molecule has 1 N–H and O–H groups in total. The SMILES string of the molecule is C[C@]12CC3CC(NCc4cn(Cc5ccc(Cl)cc5Cl)c5ccccc45)(C1)C[C@@](C)(C3)C2. The molecule has 4 aliphatic rings. The quantitative estimate of drug-likeness (QED) is 0.405. The summed E-state index contributed by atoms with van der Waals surface area (Å²) in [6, 6.07) is 14.5. The average molecular weight is 467 g/mol. The minimum atomic E-state index is 0.311. The van der Waals surface area contributed by atoms with Gasteiger partial charge >= 0.3 is 0 Å². The molecule has 0 amide bonds. The van der Waals surface area contributed by atoms with Gasteiger partial charge < -0.3 is 9.88 Å². The first-order valence-electron chi connectivity index (χ1n) is 12.0. The Kier molecular flexibility index (Phi) is 4.78. The third-order valence-corrected chi connectivity index (χ3v) is 9.09. The predicted octanol–water partition coefficient (Wildman–Crippen LogP) is 7.84. The van der Waals surface area contributed by atoms with Gasteiger partial charge in [-0.25, -0.2) is 0 Å². The third kappa shape index (κ3) is 3.59. The Morgan fingerprint density at radius 3 is 2.41 bits per heavy atom. The smallest absolute Gasteiger partial charge is 0.0491 e. The summed E-state index contributed by atoms with van der Waals surface area (Å²) in [5.41, 5.74) is 5.11. The maximum absolute atomic E-state index is 6.49. The van der Waals surface area contributed by atoms with Gasteiger partial charge in [0.25, 0.3) is 0 Å². The molecule has 0 radical (unpaired) electrons. The molecule has 168 valence electrons. The van der Waals surface area contributed by atoms with E-state index in [-0.39, 0.29) is 0 Å². The summed E-state index contributed by atoms with van der Waals surface area (Å²) >= 11 is 12.6. The van der Waals surface area contributed by atoms with Crippen molar-refractivity contribution >= 4 is 34.1 Å². The van der Waals surface area contributed by atoms with Crippen LogP contribution in [0.25, 0.3) is 10.9 Å². The van der Waals surface area contributed by atoms with E-state index >= 15 is 0 Å². The van der Waals surface area contributed by atoms with Crippen LogP contribution in [0.3, 0.4) is 0 Å². The van der Waals surface area contributed by atoms with Gasteiger partial charge in [-0.05, 0) is 84.6 Å². The Labute approximate surface area is 201 Å². The standard InChI is InChI=1S/C28H32Cl2N2/c1-26-10-19-11-27(2,16-26)18-28(12-19,17-26)31-13-21-15-32(25-6-4-3-5-23(21)25)14-20-7-8-22(29)9-24(20)30/h3-9,15,19,31H,10-14,16-18H2,1-2H3/t19?,26-,27+,28?. The Balaban J connectivity index is 1.29. The number of aromatic nitrogens is 1. The molecule has 4 heteroatoms. The van der Waals surface area contributed by atoms with Gasteiger partial charge in [-0.1, -0.05) is 61.3 Å². The minimum Gasteiger partial charge on any atom is -0.343 e.